The van der Waals surface area contributed by atoms with E-state index in [9.17, 15) is 14.7 Å². The van der Waals surface area contributed by atoms with E-state index in [1.54, 1.807) is 7.11 Å². The van der Waals surface area contributed by atoms with Gasteiger partial charge in [-0.3, -0.25) is 9.59 Å². The normalized spacial score (nSPS) is 17.5. The Kier molecular flexibility index (Phi) is 6.82. The van der Waals surface area contributed by atoms with Crippen molar-refractivity contribution in [2.24, 2.45) is 5.41 Å². The van der Waals surface area contributed by atoms with Gasteiger partial charge in [0.2, 0.25) is 5.91 Å². The summed E-state index contributed by atoms with van der Waals surface area (Å²) in [7, 11) is 1.62. The molecule has 1 atom stereocenters. The summed E-state index contributed by atoms with van der Waals surface area (Å²) in [6.07, 6.45) is 2.03. The molecule has 25 heavy (non-hydrogen) atoms. The molecule has 6 nitrogen and oxygen atoms in total. The lowest BCUT2D eigenvalue weighted by molar-refractivity contribution is -0.154. The van der Waals surface area contributed by atoms with Gasteiger partial charge in [0.05, 0.1) is 12.5 Å². The van der Waals surface area contributed by atoms with Gasteiger partial charge in [0.1, 0.15) is 5.75 Å². The smallest absolute Gasteiger partial charge is 0.311 e. The summed E-state index contributed by atoms with van der Waals surface area (Å²) in [4.78, 5) is 24.0. The number of benzene rings is 1. The van der Waals surface area contributed by atoms with Gasteiger partial charge in [0.25, 0.3) is 0 Å². The maximum Gasteiger partial charge on any atom is 0.311 e. The lowest BCUT2D eigenvalue weighted by Crippen LogP contribution is -2.46. The number of amides is 1. The molecule has 2 rings (SSSR count). The molecule has 1 aromatic rings. The highest BCUT2D eigenvalue weighted by atomic mass is 16.5. The second-order valence-electron chi connectivity index (χ2n) is 6.56. The molecule has 1 aromatic carbocycles. The van der Waals surface area contributed by atoms with Crippen LogP contribution in [0.25, 0.3) is 0 Å². The number of carbonyl (C=O) groups is 2. The molecule has 0 spiro atoms. The highest BCUT2D eigenvalue weighted by molar-refractivity contribution is 5.79. The summed E-state index contributed by atoms with van der Waals surface area (Å²) < 4.78 is 10.4. The fourth-order valence-electron chi connectivity index (χ4n) is 3.17. The maximum absolute atomic E-state index is 12.4. The summed E-state index contributed by atoms with van der Waals surface area (Å²) in [5.74, 6) is -0.0968. The summed E-state index contributed by atoms with van der Waals surface area (Å²) in [6.45, 7) is 3.04. The van der Waals surface area contributed by atoms with Crippen LogP contribution >= 0.6 is 0 Å². The number of hydrogen-bond acceptors (Lipinski definition) is 4. The number of ether oxygens (including phenoxy) is 2. The fourth-order valence-corrected chi connectivity index (χ4v) is 3.17. The molecule has 1 aliphatic heterocycles. The van der Waals surface area contributed by atoms with Crippen LogP contribution in [0.1, 0.15) is 44.1 Å². The van der Waals surface area contributed by atoms with E-state index in [1.165, 1.54) is 0 Å². The SMILES string of the molecule is CCC(CC(=O)NCC1(C(=O)O)CCOCC1)c1ccc(OC)cc1. The summed E-state index contributed by atoms with van der Waals surface area (Å²) in [6, 6.07) is 7.71. The Morgan fingerprint density at radius 1 is 1.28 bits per heavy atom. The van der Waals surface area contributed by atoms with Crippen molar-refractivity contribution in [3.05, 3.63) is 29.8 Å². The quantitative estimate of drug-likeness (QED) is 0.753. The third-order valence-electron chi connectivity index (χ3n) is 5.04. The van der Waals surface area contributed by atoms with Gasteiger partial charge in [-0.2, -0.15) is 0 Å². The van der Waals surface area contributed by atoms with Crippen LogP contribution in [0.4, 0.5) is 0 Å². The van der Waals surface area contributed by atoms with E-state index in [0.29, 0.717) is 32.5 Å². The zero-order chi connectivity index (χ0) is 18.3. The molecule has 1 fully saturated rings. The molecule has 0 saturated carbocycles. The van der Waals surface area contributed by atoms with E-state index < -0.39 is 11.4 Å². The van der Waals surface area contributed by atoms with Crippen LogP contribution in [0.15, 0.2) is 24.3 Å². The van der Waals surface area contributed by atoms with Gasteiger partial charge in [-0.05, 0) is 42.9 Å². The number of nitrogens with one attached hydrogen (secondary N) is 1. The highest BCUT2D eigenvalue weighted by Crippen LogP contribution is 2.30. The third-order valence-corrected chi connectivity index (χ3v) is 5.04. The molecular weight excluding hydrogens is 322 g/mol. The number of aliphatic carboxylic acids is 1. The van der Waals surface area contributed by atoms with Crippen molar-refractivity contribution in [3.63, 3.8) is 0 Å². The zero-order valence-electron chi connectivity index (χ0n) is 14.9. The van der Waals surface area contributed by atoms with E-state index >= 15 is 0 Å². The highest BCUT2D eigenvalue weighted by Gasteiger charge is 2.40. The predicted octanol–water partition coefficient (Wildman–Crippen LogP) is 2.58. The number of methoxy groups -OCH3 is 1. The molecule has 2 N–H and O–H groups in total. The van der Waals surface area contributed by atoms with E-state index in [0.717, 1.165) is 17.7 Å². The topological polar surface area (TPSA) is 84.9 Å². The van der Waals surface area contributed by atoms with Crippen molar-refractivity contribution in [3.8, 4) is 5.75 Å². The van der Waals surface area contributed by atoms with Crippen molar-refractivity contribution in [1.29, 1.82) is 0 Å². The molecule has 0 aliphatic carbocycles. The number of carboxylic acids is 1. The van der Waals surface area contributed by atoms with Gasteiger partial charge >= 0.3 is 5.97 Å². The van der Waals surface area contributed by atoms with E-state index in [2.05, 4.69) is 5.32 Å². The lowest BCUT2D eigenvalue weighted by atomic mass is 9.80. The first kappa shape index (κ1) is 19.2. The summed E-state index contributed by atoms with van der Waals surface area (Å²) in [5.41, 5.74) is 0.174. The van der Waals surface area contributed by atoms with Crippen molar-refractivity contribution in [1.82, 2.24) is 5.32 Å². The lowest BCUT2D eigenvalue weighted by Gasteiger charge is -2.33. The Balaban J connectivity index is 1.93. The molecule has 1 unspecified atom stereocenters. The standard InChI is InChI=1S/C19H27NO5/c1-3-14(15-4-6-16(24-2)7-5-15)12-17(21)20-13-19(18(22)23)8-10-25-11-9-19/h4-7,14H,3,8-13H2,1-2H3,(H,20,21)(H,22,23). The van der Waals surface area contributed by atoms with Gasteiger partial charge in [-0.1, -0.05) is 19.1 Å². The first-order valence-corrected chi connectivity index (χ1v) is 8.72. The molecule has 138 valence electrons. The number of rotatable bonds is 8. The van der Waals surface area contributed by atoms with Gasteiger partial charge in [-0.25, -0.2) is 0 Å². The Morgan fingerprint density at radius 3 is 2.44 bits per heavy atom. The first-order chi connectivity index (χ1) is 12.0. The minimum absolute atomic E-state index is 0.0985. The van der Waals surface area contributed by atoms with E-state index in [1.807, 2.05) is 31.2 Å². The van der Waals surface area contributed by atoms with Crippen LogP contribution in [0.3, 0.4) is 0 Å². The molecule has 1 amide bonds. The zero-order valence-corrected chi connectivity index (χ0v) is 14.9. The van der Waals surface area contributed by atoms with Crippen molar-refractivity contribution in [2.45, 2.75) is 38.5 Å². The largest absolute Gasteiger partial charge is 0.497 e. The number of hydrogen-bond donors (Lipinski definition) is 2. The van der Waals surface area contributed by atoms with Crippen molar-refractivity contribution >= 4 is 11.9 Å². The van der Waals surface area contributed by atoms with Gasteiger partial charge in [0, 0.05) is 26.2 Å². The Bertz CT molecular complexity index is 578. The van der Waals surface area contributed by atoms with E-state index in [-0.39, 0.29) is 18.4 Å². The van der Waals surface area contributed by atoms with Crippen LogP contribution in [0.5, 0.6) is 5.75 Å². The average Bonchev–Trinajstić information content (AvgIpc) is 2.65. The maximum atomic E-state index is 12.4. The molecule has 1 saturated heterocycles. The number of carboxylic acid groups (broad SMARTS) is 1. The van der Waals surface area contributed by atoms with Crippen molar-refractivity contribution < 1.29 is 24.2 Å². The summed E-state index contributed by atoms with van der Waals surface area (Å²) >= 11 is 0. The van der Waals surface area contributed by atoms with Crippen LogP contribution in [0, 0.1) is 5.41 Å². The first-order valence-electron chi connectivity index (χ1n) is 8.72. The van der Waals surface area contributed by atoms with Crippen LogP contribution in [-0.2, 0) is 14.3 Å². The molecule has 0 radical (unpaired) electrons. The fraction of sp³-hybridized carbons (Fsp3) is 0.579. The monoisotopic (exact) mass is 349 g/mol. The second-order valence-corrected chi connectivity index (χ2v) is 6.56. The second kappa shape index (κ2) is 8.85. The molecule has 0 aromatic heterocycles. The molecule has 0 bridgehead atoms. The van der Waals surface area contributed by atoms with Crippen molar-refractivity contribution in [2.75, 3.05) is 26.9 Å². The average molecular weight is 349 g/mol. The molecular formula is C19H27NO5. The predicted molar refractivity (Wildman–Crippen MR) is 93.8 cm³/mol. The van der Waals surface area contributed by atoms with E-state index in [4.69, 9.17) is 9.47 Å². The Hall–Kier alpha value is -2.08. The number of carbonyl (C=O) groups excluding carboxylic acids is 1. The van der Waals surface area contributed by atoms with Crippen LogP contribution in [0.2, 0.25) is 0 Å². The molecule has 6 heteroatoms. The van der Waals surface area contributed by atoms with Gasteiger partial charge in [0.15, 0.2) is 0 Å². The van der Waals surface area contributed by atoms with Gasteiger partial charge in [-0.15, -0.1) is 0 Å². The summed E-state index contributed by atoms with van der Waals surface area (Å²) in [5, 5.41) is 12.4. The Labute approximate surface area is 148 Å². The molecule has 1 heterocycles. The minimum Gasteiger partial charge on any atom is -0.497 e. The van der Waals surface area contributed by atoms with Crippen LogP contribution in [-0.4, -0.2) is 43.9 Å². The Morgan fingerprint density at radius 2 is 1.92 bits per heavy atom. The minimum atomic E-state index is -0.907. The van der Waals surface area contributed by atoms with Gasteiger partial charge < -0.3 is 19.9 Å². The third kappa shape index (κ3) is 4.95. The molecule has 1 aliphatic rings. The van der Waals surface area contributed by atoms with Crippen LogP contribution < -0.4 is 10.1 Å².